The van der Waals surface area contributed by atoms with E-state index in [1.54, 1.807) is 0 Å². The predicted octanol–water partition coefficient (Wildman–Crippen LogP) is 1.57. The zero-order chi connectivity index (χ0) is 6.95. The van der Waals surface area contributed by atoms with Crippen LogP contribution in [0.4, 0.5) is 0 Å². The van der Waals surface area contributed by atoms with E-state index in [4.69, 9.17) is 10.5 Å². The van der Waals surface area contributed by atoms with Gasteiger partial charge < -0.3 is 10.5 Å². The quantitative estimate of drug-likeness (QED) is 0.610. The first-order valence-electron chi connectivity index (χ1n) is 3.69. The van der Waals surface area contributed by atoms with Crippen LogP contribution in [0.15, 0.2) is 0 Å². The van der Waals surface area contributed by atoms with Crippen LogP contribution >= 0.6 is 12.4 Å². The van der Waals surface area contributed by atoms with Crippen LogP contribution in [-0.2, 0) is 4.74 Å². The molecule has 0 aliphatic heterocycles. The first-order valence-corrected chi connectivity index (χ1v) is 3.69. The molecule has 0 saturated heterocycles. The Morgan fingerprint density at radius 1 is 1.20 bits per heavy atom. The van der Waals surface area contributed by atoms with Crippen molar-refractivity contribution in [3.8, 4) is 0 Å². The topological polar surface area (TPSA) is 35.2 Å². The van der Waals surface area contributed by atoms with Gasteiger partial charge in [0.25, 0.3) is 0 Å². The normalized spacial score (nSPS) is 9.00. The second kappa shape index (κ2) is 11.9. The largest absolute Gasteiger partial charge is 0.381 e. The van der Waals surface area contributed by atoms with Gasteiger partial charge in [-0.05, 0) is 19.4 Å². The van der Waals surface area contributed by atoms with Gasteiger partial charge in [-0.25, -0.2) is 0 Å². The highest BCUT2D eigenvalue weighted by Gasteiger charge is 1.84. The lowest BCUT2D eigenvalue weighted by atomic mass is 10.4. The molecule has 10 heavy (non-hydrogen) atoms. The molecule has 0 rings (SSSR count). The van der Waals surface area contributed by atoms with Crippen molar-refractivity contribution < 1.29 is 4.74 Å². The Kier molecular flexibility index (Phi) is 15.3. The van der Waals surface area contributed by atoms with Crippen molar-refractivity contribution >= 4 is 12.4 Å². The van der Waals surface area contributed by atoms with Crippen molar-refractivity contribution in [2.75, 3.05) is 19.8 Å². The van der Waals surface area contributed by atoms with Crippen LogP contribution in [-0.4, -0.2) is 19.8 Å². The number of nitrogens with two attached hydrogens (primary N) is 1. The Morgan fingerprint density at radius 3 is 2.30 bits per heavy atom. The lowest BCUT2D eigenvalue weighted by Gasteiger charge is -1.99. The monoisotopic (exact) mass is 167 g/mol. The standard InChI is InChI=1S/C7H17NO.ClH/c1-2-3-6-9-7-4-5-8;/h2-8H2,1H3;1H. The van der Waals surface area contributed by atoms with Crippen LogP contribution in [0.5, 0.6) is 0 Å². The van der Waals surface area contributed by atoms with Crippen molar-refractivity contribution in [3.05, 3.63) is 0 Å². The summed E-state index contributed by atoms with van der Waals surface area (Å²) in [7, 11) is 0. The van der Waals surface area contributed by atoms with E-state index < -0.39 is 0 Å². The SMILES string of the molecule is CCCCOCCCN.Cl. The van der Waals surface area contributed by atoms with E-state index in [0.717, 1.165) is 26.2 Å². The van der Waals surface area contributed by atoms with Gasteiger partial charge in [0.2, 0.25) is 0 Å². The Labute approximate surface area is 69.5 Å². The molecule has 0 aromatic heterocycles. The van der Waals surface area contributed by atoms with Gasteiger partial charge in [-0.2, -0.15) is 0 Å². The van der Waals surface area contributed by atoms with Crippen LogP contribution in [0.3, 0.4) is 0 Å². The Morgan fingerprint density at radius 2 is 1.80 bits per heavy atom. The fourth-order valence-corrected chi connectivity index (χ4v) is 0.534. The molecule has 0 aliphatic rings. The maximum absolute atomic E-state index is 5.26. The van der Waals surface area contributed by atoms with E-state index in [-0.39, 0.29) is 12.4 Å². The zero-order valence-electron chi connectivity index (χ0n) is 6.64. The number of hydrogen-bond acceptors (Lipinski definition) is 2. The van der Waals surface area contributed by atoms with Crippen LogP contribution in [0.1, 0.15) is 26.2 Å². The molecule has 0 heterocycles. The van der Waals surface area contributed by atoms with Gasteiger partial charge in [-0.15, -0.1) is 12.4 Å². The highest BCUT2D eigenvalue weighted by Crippen LogP contribution is 1.88. The van der Waals surface area contributed by atoms with Crippen LogP contribution in [0, 0.1) is 0 Å². The molecule has 2 N–H and O–H groups in total. The zero-order valence-corrected chi connectivity index (χ0v) is 7.45. The van der Waals surface area contributed by atoms with Gasteiger partial charge in [0.15, 0.2) is 0 Å². The molecule has 0 saturated carbocycles. The first-order chi connectivity index (χ1) is 4.41. The third-order valence-electron chi connectivity index (χ3n) is 1.14. The summed E-state index contributed by atoms with van der Waals surface area (Å²) in [6.07, 6.45) is 3.37. The minimum atomic E-state index is 0. The van der Waals surface area contributed by atoms with E-state index in [0.29, 0.717) is 0 Å². The van der Waals surface area contributed by atoms with Crippen molar-refractivity contribution in [1.29, 1.82) is 0 Å². The summed E-state index contributed by atoms with van der Waals surface area (Å²) in [5, 5.41) is 0. The van der Waals surface area contributed by atoms with Crippen LogP contribution in [0.2, 0.25) is 0 Å². The molecule has 0 aliphatic carbocycles. The van der Waals surface area contributed by atoms with Gasteiger partial charge in [0, 0.05) is 13.2 Å². The fourth-order valence-electron chi connectivity index (χ4n) is 0.534. The summed E-state index contributed by atoms with van der Waals surface area (Å²) >= 11 is 0. The molecule has 0 radical (unpaired) electrons. The van der Waals surface area contributed by atoms with Gasteiger partial charge in [0.05, 0.1) is 0 Å². The summed E-state index contributed by atoms with van der Waals surface area (Å²) in [5.74, 6) is 0. The number of hydrogen-bond donors (Lipinski definition) is 1. The summed E-state index contributed by atoms with van der Waals surface area (Å²) in [5.41, 5.74) is 5.26. The van der Waals surface area contributed by atoms with Crippen LogP contribution < -0.4 is 5.73 Å². The highest BCUT2D eigenvalue weighted by atomic mass is 35.5. The van der Waals surface area contributed by atoms with Crippen molar-refractivity contribution in [1.82, 2.24) is 0 Å². The molecule has 0 atom stereocenters. The molecular formula is C7H18ClNO. The molecule has 0 aromatic rings. The average molecular weight is 168 g/mol. The molecule has 0 spiro atoms. The highest BCUT2D eigenvalue weighted by molar-refractivity contribution is 5.85. The Balaban J connectivity index is 0. The Hall–Kier alpha value is 0.210. The molecule has 64 valence electrons. The third-order valence-corrected chi connectivity index (χ3v) is 1.14. The Bertz CT molecular complexity index is 46.9. The lowest BCUT2D eigenvalue weighted by molar-refractivity contribution is 0.130. The molecule has 2 nitrogen and oxygen atoms in total. The van der Waals surface area contributed by atoms with Crippen LogP contribution in [0.25, 0.3) is 0 Å². The molecule has 0 bridgehead atoms. The maximum atomic E-state index is 5.26. The smallest absolute Gasteiger partial charge is 0.0478 e. The van der Waals surface area contributed by atoms with E-state index >= 15 is 0 Å². The van der Waals surface area contributed by atoms with E-state index in [1.165, 1.54) is 12.8 Å². The van der Waals surface area contributed by atoms with E-state index in [9.17, 15) is 0 Å². The molecule has 0 amide bonds. The summed E-state index contributed by atoms with van der Waals surface area (Å²) < 4.78 is 5.23. The number of halogens is 1. The summed E-state index contributed by atoms with van der Waals surface area (Å²) in [6, 6.07) is 0. The minimum Gasteiger partial charge on any atom is -0.381 e. The second-order valence-corrected chi connectivity index (χ2v) is 2.11. The third kappa shape index (κ3) is 11.1. The molecule has 0 unspecified atom stereocenters. The maximum Gasteiger partial charge on any atom is 0.0478 e. The van der Waals surface area contributed by atoms with Gasteiger partial charge in [-0.3, -0.25) is 0 Å². The van der Waals surface area contributed by atoms with Gasteiger partial charge in [-0.1, -0.05) is 13.3 Å². The minimum absolute atomic E-state index is 0. The summed E-state index contributed by atoms with van der Waals surface area (Å²) in [6.45, 7) is 4.63. The molecule has 3 heteroatoms. The molecular weight excluding hydrogens is 150 g/mol. The number of rotatable bonds is 6. The van der Waals surface area contributed by atoms with E-state index in [2.05, 4.69) is 6.92 Å². The van der Waals surface area contributed by atoms with Gasteiger partial charge in [0.1, 0.15) is 0 Å². The second-order valence-electron chi connectivity index (χ2n) is 2.11. The van der Waals surface area contributed by atoms with Crippen molar-refractivity contribution in [2.24, 2.45) is 5.73 Å². The van der Waals surface area contributed by atoms with Crippen molar-refractivity contribution in [2.45, 2.75) is 26.2 Å². The molecule has 0 fully saturated rings. The summed E-state index contributed by atoms with van der Waals surface area (Å²) in [4.78, 5) is 0. The number of unbranched alkanes of at least 4 members (excludes halogenated alkanes) is 1. The lowest BCUT2D eigenvalue weighted by Crippen LogP contribution is -2.04. The first kappa shape index (κ1) is 12.8. The van der Waals surface area contributed by atoms with Crippen molar-refractivity contribution in [3.63, 3.8) is 0 Å². The van der Waals surface area contributed by atoms with E-state index in [1.807, 2.05) is 0 Å². The molecule has 0 aromatic carbocycles. The predicted molar refractivity (Wildman–Crippen MR) is 46.6 cm³/mol. The number of ether oxygens (including phenoxy) is 1. The fraction of sp³-hybridized carbons (Fsp3) is 1.00. The average Bonchev–Trinajstić information content (AvgIpc) is 1.89. The van der Waals surface area contributed by atoms with Gasteiger partial charge >= 0.3 is 0 Å².